The second kappa shape index (κ2) is 4.97. The summed E-state index contributed by atoms with van der Waals surface area (Å²) in [6.45, 7) is 2.68. The summed E-state index contributed by atoms with van der Waals surface area (Å²) in [5.41, 5.74) is 1.23. The summed E-state index contributed by atoms with van der Waals surface area (Å²) in [6, 6.07) is 7.33. The Morgan fingerprint density at radius 1 is 1.12 bits per heavy atom. The maximum Gasteiger partial charge on any atom is 0.329 e. The van der Waals surface area contributed by atoms with E-state index in [1.54, 1.807) is 6.07 Å². The first-order valence-electron chi connectivity index (χ1n) is 8.09. The molecule has 5 heteroatoms. The number of carbonyl (C=O) groups excluding carboxylic acids is 2. The van der Waals surface area contributed by atoms with Crippen LogP contribution in [0.3, 0.4) is 0 Å². The molecule has 0 bridgehead atoms. The minimum Gasteiger partial charge on any atom is -0.444 e. The van der Waals surface area contributed by atoms with Crippen LogP contribution >= 0.6 is 0 Å². The van der Waals surface area contributed by atoms with Crippen LogP contribution in [0.1, 0.15) is 38.7 Å². The van der Waals surface area contributed by atoms with Gasteiger partial charge in [-0.1, -0.05) is 24.3 Å². The number of carbonyl (C=O) groups is 2. The number of rotatable bonds is 2. The summed E-state index contributed by atoms with van der Waals surface area (Å²) < 4.78 is 17.7. The van der Waals surface area contributed by atoms with Gasteiger partial charge in [-0.2, -0.15) is 0 Å². The van der Waals surface area contributed by atoms with Crippen molar-refractivity contribution >= 4 is 11.9 Å². The highest BCUT2D eigenvalue weighted by Crippen LogP contribution is 2.61. The lowest BCUT2D eigenvalue weighted by atomic mass is 9.86. The van der Waals surface area contributed by atoms with Crippen LogP contribution in [0.5, 0.6) is 5.75 Å². The van der Waals surface area contributed by atoms with Crippen molar-refractivity contribution in [3.63, 3.8) is 0 Å². The second-order valence-electron chi connectivity index (χ2n) is 6.32. The van der Waals surface area contributed by atoms with E-state index in [9.17, 15) is 9.59 Å². The van der Waals surface area contributed by atoms with Gasteiger partial charge in [0, 0.05) is 19.4 Å². The molecule has 0 radical (unpaired) electrons. The van der Waals surface area contributed by atoms with Crippen LogP contribution in [0.15, 0.2) is 47.6 Å². The Kier molecular flexibility index (Phi) is 3.10. The van der Waals surface area contributed by atoms with Crippen molar-refractivity contribution < 1.29 is 23.8 Å². The van der Waals surface area contributed by atoms with Gasteiger partial charge in [-0.15, -0.1) is 0 Å². The molecule has 0 saturated heterocycles. The lowest BCUT2D eigenvalue weighted by Crippen LogP contribution is -2.54. The van der Waals surface area contributed by atoms with Crippen LogP contribution in [0.2, 0.25) is 0 Å². The van der Waals surface area contributed by atoms with Crippen molar-refractivity contribution in [3.05, 3.63) is 53.1 Å². The van der Waals surface area contributed by atoms with Crippen molar-refractivity contribution in [1.29, 1.82) is 0 Å². The highest BCUT2D eigenvalue weighted by molar-refractivity contribution is 5.74. The fourth-order valence-corrected chi connectivity index (χ4v) is 3.98. The third kappa shape index (κ3) is 1.81. The number of hydrogen-bond acceptors (Lipinski definition) is 5. The largest absolute Gasteiger partial charge is 0.444 e. The Morgan fingerprint density at radius 2 is 1.88 bits per heavy atom. The van der Waals surface area contributed by atoms with Gasteiger partial charge in [-0.05, 0) is 37.0 Å². The normalized spacial score (nSPS) is 29.4. The van der Waals surface area contributed by atoms with Gasteiger partial charge < -0.3 is 14.2 Å². The van der Waals surface area contributed by atoms with E-state index in [1.807, 2.05) is 30.4 Å². The third-order valence-electron chi connectivity index (χ3n) is 4.70. The molecule has 1 heterocycles. The summed E-state index contributed by atoms with van der Waals surface area (Å²) in [7, 11) is 0. The van der Waals surface area contributed by atoms with Gasteiger partial charge in [-0.25, -0.2) is 0 Å². The molecule has 0 spiro atoms. The van der Waals surface area contributed by atoms with E-state index in [4.69, 9.17) is 14.2 Å². The molecule has 0 fully saturated rings. The molecule has 2 unspecified atom stereocenters. The first-order chi connectivity index (χ1) is 11.5. The number of esters is 2. The fraction of sp³-hybridized carbons (Fsp3) is 0.368. The molecule has 1 aliphatic heterocycles. The molecule has 124 valence electrons. The number of allylic oxidation sites excluding steroid dienone is 1. The molecule has 0 aromatic heterocycles. The lowest BCUT2D eigenvalue weighted by molar-refractivity contribution is -0.232. The Bertz CT molecular complexity index is 806. The van der Waals surface area contributed by atoms with Gasteiger partial charge in [0.1, 0.15) is 5.75 Å². The maximum absolute atomic E-state index is 11.9. The fourth-order valence-electron chi connectivity index (χ4n) is 3.98. The van der Waals surface area contributed by atoms with E-state index in [2.05, 4.69) is 0 Å². The van der Waals surface area contributed by atoms with Gasteiger partial charge in [0.15, 0.2) is 0 Å². The van der Waals surface area contributed by atoms with E-state index in [0.29, 0.717) is 11.3 Å². The van der Waals surface area contributed by atoms with Crippen LogP contribution in [-0.2, 0) is 24.7 Å². The van der Waals surface area contributed by atoms with Crippen LogP contribution < -0.4 is 4.74 Å². The van der Waals surface area contributed by atoms with Crippen LogP contribution in [0, 0.1) is 0 Å². The van der Waals surface area contributed by atoms with Crippen molar-refractivity contribution in [2.24, 2.45) is 0 Å². The minimum absolute atomic E-state index is 0.456. The van der Waals surface area contributed by atoms with Gasteiger partial charge in [-0.3, -0.25) is 9.59 Å². The number of fused-ring (bicyclic) bond motifs is 5. The van der Waals surface area contributed by atoms with Crippen molar-refractivity contribution in [3.8, 4) is 5.75 Å². The summed E-state index contributed by atoms with van der Waals surface area (Å²) in [5, 5.41) is 0. The molecule has 0 N–H and O–H groups in total. The van der Waals surface area contributed by atoms with Gasteiger partial charge in [0.2, 0.25) is 5.60 Å². The van der Waals surface area contributed by atoms with Crippen LogP contribution in [0.4, 0.5) is 0 Å². The number of para-hydroxylation sites is 1. The summed E-state index contributed by atoms with van der Waals surface area (Å²) in [4.78, 5) is 23.8. The molecule has 24 heavy (non-hydrogen) atoms. The van der Waals surface area contributed by atoms with Crippen molar-refractivity contribution in [2.75, 3.05) is 0 Å². The standard InChI is InChI=1S/C19H18O5/c1-12(20)22-18-11-14-7-3-4-8-15(14)19(18,23-13(2)21)24-17-10-6-5-9-16(17)18/h5-6,8-11H,3-4,7H2,1-2H3. The number of benzene rings is 1. The molecule has 5 nitrogen and oxygen atoms in total. The predicted octanol–water partition coefficient (Wildman–Crippen LogP) is 3.15. The zero-order chi connectivity index (χ0) is 16.9. The van der Waals surface area contributed by atoms with Crippen LogP contribution in [-0.4, -0.2) is 17.7 Å². The molecule has 3 aliphatic rings. The topological polar surface area (TPSA) is 61.8 Å². The number of ether oxygens (including phenoxy) is 3. The van der Waals surface area contributed by atoms with Gasteiger partial charge in [0.05, 0.1) is 5.56 Å². The molecular weight excluding hydrogens is 308 g/mol. The first kappa shape index (κ1) is 15.0. The van der Waals surface area contributed by atoms with Gasteiger partial charge in [0.25, 0.3) is 0 Å². The zero-order valence-corrected chi connectivity index (χ0v) is 13.6. The molecule has 0 amide bonds. The summed E-state index contributed by atoms with van der Waals surface area (Å²) in [5.74, 6) is -1.85. The molecular formula is C19H18O5. The average Bonchev–Trinajstić information content (AvgIpc) is 2.91. The van der Waals surface area contributed by atoms with E-state index < -0.39 is 23.3 Å². The SMILES string of the molecule is CC(=O)OC12Oc3ccccc3C1(OC(C)=O)C=C1CCCC=C12. The molecule has 0 saturated carbocycles. The zero-order valence-electron chi connectivity index (χ0n) is 13.6. The molecule has 2 aliphatic carbocycles. The molecule has 2 atom stereocenters. The minimum atomic E-state index is -1.47. The first-order valence-corrected chi connectivity index (χ1v) is 8.09. The maximum atomic E-state index is 11.9. The molecule has 1 aromatic rings. The molecule has 1 aromatic carbocycles. The van der Waals surface area contributed by atoms with E-state index in [0.717, 1.165) is 30.4 Å². The summed E-state index contributed by atoms with van der Waals surface area (Å²) >= 11 is 0. The lowest BCUT2D eigenvalue weighted by Gasteiger charge is -2.38. The Balaban J connectivity index is 2.01. The number of hydrogen-bond donors (Lipinski definition) is 0. The average molecular weight is 326 g/mol. The van der Waals surface area contributed by atoms with E-state index >= 15 is 0 Å². The smallest absolute Gasteiger partial charge is 0.329 e. The van der Waals surface area contributed by atoms with Crippen molar-refractivity contribution in [1.82, 2.24) is 0 Å². The quantitative estimate of drug-likeness (QED) is 0.781. The monoisotopic (exact) mass is 326 g/mol. The second-order valence-corrected chi connectivity index (χ2v) is 6.32. The predicted molar refractivity (Wildman–Crippen MR) is 85.0 cm³/mol. The van der Waals surface area contributed by atoms with E-state index in [1.165, 1.54) is 13.8 Å². The Morgan fingerprint density at radius 3 is 2.62 bits per heavy atom. The Labute approximate surface area is 139 Å². The van der Waals surface area contributed by atoms with Gasteiger partial charge >= 0.3 is 17.7 Å². The molecule has 4 rings (SSSR count). The Hall–Kier alpha value is -2.56. The van der Waals surface area contributed by atoms with Crippen molar-refractivity contribution in [2.45, 2.75) is 44.5 Å². The highest BCUT2D eigenvalue weighted by Gasteiger charge is 2.71. The van der Waals surface area contributed by atoms with Crippen LogP contribution in [0.25, 0.3) is 0 Å². The summed E-state index contributed by atoms with van der Waals surface area (Å²) in [6.07, 6.45) is 6.63. The third-order valence-corrected chi connectivity index (χ3v) is 4.70. The van der Waals surface area contributed by atoms with E-state index in [-0.39, 0.29) is 0 Å². The highest BCUT2D eigenvalue weighted by atomic mass is 16.8.